The van der Waals surface area contributed by atoms with Gasteiger partial charge in [-0.2, -0.15) is 0 Å². The molecule has 0 aliphatic carbocycles. The standard InChI is InChI=1S/C18H21N3O4/c1-21-7-5-13(6-8-21)14(20-18(19)22)9-12-10-15(23-2)17(25-4)16(11-12)24-3/h5-11H,1-4H3,(H2-,19,20,22)/p+1/b14-9-. The Morgan fingerprint density at radius 1 is 1.08 bits per heavy atom. The van der Waals surface area contributed by atoms with Crippen LogP contribution in [0.2, 0.25) is 0 Å². The van der Waals surface area contributed by atoms with Crippen LogP contribution in [0, 0.1) is 0 Å². The first kappa shape index (κ1) is 18.1. The zero-order chi connectivity index (χ0) is 18.4. The number of nitrogens with two attached hydrogens (primary N) is 1. The number of primary amides is 1. The number of nitrogens with one attached hydrogen (secondary N) is 1. The van der Waals surface area contributed by atoms with Crippen LogP contribution in [0.4, 0.5) is 4.79 Å². The largest absolute Gasteiger partial charge is 0.493 e. The maximum atomic E-state index is 11.4. The lowest BCUT2D eigenvalue weighted by atomic mass is 10.1. The average Bonchev–Trinajstić information content (AvgIpc) is 2.60. The Hall–Kier alpha value is -3.22. The predicted octanol–water partition coefficient (Wildman–Crippen LogP) is 1.70. The lowest BCUT2D eigenvalue weighted by Gasteiger charge is -2.14. The molecule has 1 aromatic carbocycles. The number of pyridine rings is 1. The van der Waals surface area contributed by atoms with Gasteiger partial charge in [0.25, 0.3) is 0 Å². The minimum absolute atomic E-state index is 0.498. The summed E-state index contributed by atoms with van der Waals surface area (Å²) in [4.78, 5) is 11.4. The fraction of sp³-hybridized carbons (Fsp3) is 0.222. The molecule has 2 amide bonds. The molecule has 132 valence electrons. The first-order valence-corrected chi connectivity index (χ1v) is 7.52. The summed E-state index contributed by atoms with van der Waals surface area (Å²) in [5.74, 6) is 1.54. The molecule has 2 aromatic rings. The molecule has 0 saturated carbocycles. The van der Waals surface area contributed by atoms with E-state index < -0.39 is 6.03 Å². The second-order valence-corrected chi connectivity index (χ2v) is 5.26. The molecule has 0 spiro atoms. The van der Waals surface area contributed by atoms with Gasteiger partial charge in [0.2, 0.25) is 5.75 Å². The maximum Gasteiger partial charge on any atom is 0.316 e. The predicted molar refractivity (Wildman–Crippen MR) is 94.3 cm³/mol. The highest BCUT2D eigenvalue weighted by Gasteiger charge is 2.14. The summed E-state index contributed by atoms with van der Waals surface area (Å²) in [6.07, 6.45) is 5.53. The summed E-state index contributed by atoms with van der Waals surface area (Å²) in [6.45, 7) is 0. The Bertz CT molecular complexity index is 760. The van der Waals surface area contributed by atoms with Crippen molar-refractivity contribution in [2.75, 3.05) is 21.3 Å². The third kappa shape index (κ3) is 4.41. The number of aryl methyl sites for hydroxylation is 1. The van der Waals surface area contributed by atoms with E-state index in [0.717, 1.165) is 11.1 Å². The van der Waals surface area contributed by atoms with Gasteiger partial charge in [0.1, 0.15) is 7.05 Å². The summed E-state index contributed by atoms with van der Waals surface area (Å²) in [6, 6.07) is 6.67. The van der Waals surface area contributed by atoms with Crippen molar-refractivity contribution in [3.05, 3.63) is 47.8 Å². The fourth-order valence-electron chi connectivity index (χ4n) is 2.36. The zero-order valence-electron chi connectivity index (χ0n) is 14.7. The number of amides is 2. The van der Waals surface area contributed by atoms with Gasteiger partial charge in [0, 0.05) is 17.7 Å². The van der Waals surface area contributed by atoms with Gasteiger partial charge in [0.15, 0.2) is 23.9 Å². The average molecular weight is 344 g/mol. The number of benzene rings is 1. The van der Waals surface area contributed by atoms with Crippen LogP contribution in [-0.4, -0.2) is 27.4 Å². The number of carbonyl (C=O) groups is 1. The number of hydrogen-bond donors (Lipinski definition) is 2. The lowest BCUT2D eigenvalue weighted by Crippen LogP contribution is -2.29. The van der Waals surface area contributed by atoms with Crippen molar-refractivity contribution < 1.29 is 23.6 Å². The maximum absolute atomic E-state index is 11.4. The first-order valence-electron chi connectivity index (χ1n) is 7.52. The molecule has 1 heterocycles. The van der Waals surface area contributed by atoms with Crippen molar-refractivity contribution in [3.8, 4) is 17.2 Å². The van der Waals surface area contributed by atoms with Crippen LogP contribution < -0.4 is 29.8 Å². The Balaban J connectivity index is 2.55. The molecular formula is C18H22N3O4+. The molecule has 1 aromatic heterocycles. The van der Waals surface area contributed by atoms with Crippen LogP contribution in [0.1, 0.15) is 11.1 Å². The van der Waals surface area contributed by atoms with Crippen LogP contribution in [0.5, 0.6) is 17.2 Å². The van der Waals surface area contributed by atoms with Gasteiger partial charge in [-0.15, -0.1) is 0 Å². The molecule has 25 heavy (non-hydrogen) atoms. The summed E-state index contributed by atoms with van der Waals surface area (Å²) >= 11 is 0. The van der Waals surface area contributed by atoms with Gasteiger partial charge in [0.05, 0.1) is 27.0 Å². The molecule has 3 N–H and O–H groups in total. The van der Waals surface area contributed by atoms with Crippen LogP contribution >= 0.6 is 0 Å². The number of aromatic nitrogens is 1. The number of carbonyl (C=O) groups excluding carboxylic acids is 1. The highest BCUT2D eigenvalue weighted by molar-refractivity contribution is 5.91. The quantitative estimate of drug-likeness (QED) is 0.781. The van der Waals surface area contributed by atoms with E-state index in [1.807, 2.05) is 36.1 Å². The molecule has 2 rings (SSSR count). The van der Waals surface area contributed by atoms with E-state index in [0.29, 0.717) is 22.9 Å². The third-order valence-electron chi connectivity index (χ3n) is 3.55. The van der Waals surface area contributed by atoms with Crippen LogP contribution in [0.15, 0.2) is 36.7 Å². The topological polar surface area (TPSA) is 86.7 Å². The van der Waals surface area contributed by atoms with Gasteiger partial charge in [-0.3, -0.25) is 0 Å². The third-order valence-corrected chi connectivity index (χ3v) is 3.55. The lowest BCUT2D eigenvalue weighted by molar-refractivity contribution is -0.671. The van der Waals surface area contributed by atoms with Crippen molar-refractivity contribution in [1.82, 2.24) is 5.32 Å². The Kier molecular flexibility index (Phi) is 5.84. The van der Waals surface area contributed by atoms with E-state index in [4.69, 9.17) is 19.9 Å². The molecule has 0 aliphatic heterocycles. The Labute approximate surface area is 146 Å². The number of urea groups is 1. The molecule has 0 fully saturated rings. The van der Waals surface area contributed by atoms with Gasteiger partial charge in [-0.1, -0.05) is 0 Å². The van der Waals surface area contributed by atoms with E-state index in [9.17, 15) is 4.79 Å². The van der Waals surface area contributed by atoms with E-state index in [1.54, 1.807) is 39.5 Å². The normalized spacial score (nSPS) is 11.0. The molecule has 0 unspecified atom stereocenters. The van der Waals surface area contributed by atoms with Crippen LogP contribution in [0.25, 0.3) is 11.8 Å². The molecule has 7 nitrogen and oxygen atoms in total. The SMILES string of the molecule is COc1cc(/C=C(\NC(N)=O)c2cc[n+](C)cc2)cc(OC)c1OC. The highest BCUT2D eigenvalue weighted by Crippen LogP contribution is 2.38. The minimum Gasteiger partial charge on any atom is -0.493 e. The molecule has 0 radical (unpaired) electrons. The van der Waals surface area contributed by atoms with Crippen LogP contribution in [-0.2, 0) is 7.05 Å². The number of hydrogen-bond acceptors (Lipinski definition) is 4. The van der Waals surface area contributed by atoms with E-state index in [1.165, 1.54) is 0 Å². The summed E-state index contributed by atoms with van der Waals surface area (Å²) in [5.41, 5.74) is 7.43. The van der Waals surface area contributed by atoms with Crippen molar-refractivity contribution in [1.29, 1.82) is 0 Å². The number of nitrogens with zero attached hydrogens (tertiary/aromatic N) is 1. The molecule has 0 atom stereocenters. The molecule has 0 aliphatic rings. The Morgan fingerprint density at radius 2 is 1.64 bits per heavy atom. The minimum atomic E-state index is -0.646. The molecule has 0 saturated heterocycles. The number of ether oxygens (including phenoxy) is 3. The van der Waals surface area contributed by atoms with Gasteiger partial charge >= 0.3 is 6.03 Å². The first-order chi connectivity index (χ1) is 12.0. The molecule has 0 bridgehead atoms. The monoisotopic (exact) mass is 344 g/mol. The van der Waals surface area contributed by atoms with Gasteiger partial charge in [-0.05, 0) is 23.8 Å². The summed E-state index contributed by atoms with van der Waals surface area (Å²) < 4.78 is 17.9. The summed E-state index contributed by atoms with van der Waals surface area (Å²) in [7, 11) is 6.54. The van der Waals surface area contributed by atoms with E-state index in [2.05, 4.69) is 5.32 Å². The molecule has 7 heteroatoms. The number of rotatable bonds is 6. The zero-order valence-corrected chi connectivity index (χ0v) is 14.7. The van der Waals surface area contributed by atoms with Crippen molar-refractivity contribution in [2.45, 2.75) is 0 Å². The molecular weight excluding hydrogens is 322 g/mol. The van der Waals surface area contributed by atoms with Crippen molar-refractivity contribution in [2.24, 2.45) is 12.8 Å². The van der Waals surface area contributed by atoms with Crippen molar-refractivity contribution >= 4 is 17.8 Å². The van der Waals surface area contributed by atoms with Gasteiger partial charge < -0.3 is 25.3 Å². The second kappa shape index (κ2) is 8.05. The summed E-state index contributed by atoms with van der Waals surface area (Å²) in [5, 5.41) is 2.65. The highest BCUT2D eigenvalue weighted by atomic mass is 16.5. The second-order valence-electron chi connectivity index (χ2n) is 5.26. The van der Waals surface area contributed by atoms with E-state index in [-0.39, 0.29) is 0 Å². The fourth-order valence-corrected chi connectivity index (χ4v) is 2.36. The van der Waals surface area contributed by atoms with E-state index >= 15 is 0 Å². The van der Waals surface area contributed by atoms with Crippen molar-refractivity contribution in [3.63, 3.8) is 0 Å². The van der Waals surface area contributed by atoms with Crippen LogP contribution in [0.3, 0.4) is 0 Å². The smallest absolute Gasteiger partial charge is 0.316 e. The Morgan fingerprint density at radius 3 is 2.08 bits per heavy atom. The number of methoxy groups -OCH3 is 3. The van der Waals surface area contributed by atoms with Gasteiger partial charge in [-0.25, -0.2) is 9.36 Å².